The third-order valence-corrected chi connectivity index (χ3v) is 9.51. The van der Waals surface area contributed by atoms with Crippen LogP contribution in [0.1, 0.15) is 37.3 Å². The predicted molar refractivity (Wildman–Crippen MR) is 157 cm³/mol. The molecule has 43 heavy (non-hydrogen) atoms. The Balaban J connectivity index is 1.66. The maximum atomic E-state index is 14.1. The van der Waals surface area contributed by atoms with Crippen LogP contribution in [0.3, 0.4) is 0 Å². The number of nitrogens with two attached hydrogens (primary N) is 1. The number of phenols is 1. The molecule has 0 aromatic heterocycles. The molecule has 13 heteroatoms. The van der Waals surface area contributed by atoms with Crippen molar-refractivity contribution in [2.24, 2.45) is 17.6 Å². The van der Waals surface area contributed by atoms with Gasteiger partial charge in [0.1, 0.15) is 22.8 Å². The number of hydrogen-bond acceptors (Lipinski definition) is 11. The number of phenolic OH excluding ortho intramolecular Hbond substituents is 1. The van der Waals surface area contributed by atoms with Gasteiger partial charge in [0.15, 0.2) is 11.4 Å². The van der Waals surface area contributed by atoms with Gasteiger partial charge in [0.2, 0.25) is 11.7 Å². The lowest BCUT2D eigenvalue weighted by molar-refractivity contribution is -0.153. The van der Waals surface area contributed by atoms with Gasteiger partial charge >= 0.3 is 0 Å². The molecular weight excluding hydrogens is 558 g/mol. The second kappa shape index (κ2) is 10.6. The number of Topliss-reactive ketones (excluding diaryl/α,β-unsaturated/α-hetero) is 2. The molecule has 1 saturated heterocycles. The van der Waals surface area contributed by atoms with E-state index in [0.29, 0.717) is 24.2 Å². The third kappa shape index (κ3) is 4.40. The monoisotopic (exact) mass is 597 g/mol. The Hall–Kier alpha value is -3.94. The van der Waals surface area contributed by atoms with Crippen molar-refractivity contribution in [1.82, 2.24) is 9.80 Å². The van der Waals surface area contributed by atoms with Crippen LogP contribution in [0.2, 0.25) is 0 Å². The molecule has 0 radical (unpaired) electrons. The van der Waals surface area contributed by atoms with Gasteiger partial charge in [-0.05, 0) is 70.4 Å². The summed E-state index contributed by atoms with van der Waals surface area (Å²) >= 11 is 0. The van der Waals surface area contributed by atoms with Crippen LogP contribution in [0, 0.1) is 11.8 Å². The first kappa shape index (κ1) is 30.5. The molecule has 1 aliphatic heterocycles. The van der Waals surface area contributed by atoms with E-state index in [4.69, 9.17) is 5.73 Å². The zero-order valence-electron chi connectivity index (χ0n) is 25.0. The minimum atomic E-state index is -2.72. The van der Waals surface area contributed by atoms with Crippen LogP contribution in [0.4, 0.5) is 11.4 Å². The maximum Gasteiger partial charge on any atom is 0.255 e. The molecule has 2 fully saturated rings. The minimum Gasteiger partial charge on any atom is -0.508 e. The Labute approximate surface area is 249 Å². The SMILES string of the molecule is CCN1CCC[C@H]1C(=O)Nc1cc(N(C)C)c2c(c1O)C(O)=C1C(=O)[C@]3(O)C(O)=C(C(N)=O)C(=O)[C@@H](N(C)C)[C@@H]3C[C@@H]1C2. The Morgan fingerprint density at radius 3 is 2.42 bits per heavy atom. The van der Waals surface area contributed by atoms with Crippen LogP contribution in [-0.4, -0.2) is 113 Å². The molecule has 1 aromatic carbocycles. The van der Waals surface area contributed by atoms with Crippen LogP contribution in [0.5, 0.6) is 5.75 Å². The number of carbonyl (C=O) groups is 4. The van der Waals surface area contributed by atoms with Crippen LogP contribution < -0.4 is 16.0 Å². The first-order valence-electron chi connectivity index (χ1n) is 14.4. The number of amides is 2. The van der Waals surface area contributed by atoms with Gasteiger partial charge in [-0.25, -0.2) is 0 Å². The lowest BCUT2D eigenvalue weighted by atomic mass is 9.57. The lowest BCUT2D eigenvalue weighted by Gasteiger charge is -2.50. The van der Waals surface area contributed by atoms with Gasteiger partial charge < -0.3 is 36.4 Å². The van der Waals surface area contributed by atoms with E-state index in [1.165, 1.54) is 4.90 Å². The van der Waals surface area contributed by atoms with Gasteiger partial charge in [-0.2, -0.15) is 0 Å². The van der Waals surface area contributed by atoms with E-state index < -0.39 is 63.8 Å². The number of hydrogen-bond donors (Lipinski definition) is 6. The average molecular weight is 598 g/mol. The number of likely N-dealkylation sites (N-methyl/N-ethyl adjacent to an activating group) is 2. The number of benzene rings is 1. The highest BCUT2D eigenvalue weighted by Gasteiger charge is 2.64. The Morgan fingerprint density at radius 2 is 1.84 bits per heavy atom. The largest absolute Gasteiger partial charge is 0.508 e. The van der Waals surface area contributed by atoms with Gasteiger partial charge in [0.25, 0.3) is 5.91 Å². The van der Waals surface area contributed by atoms with Crippen LogP contribution >= 0.6 is 0 Å². The van der Waals surface area contributed by atoms with E-state index in [-0.39, 0.29) is 41.6 Å². The van der Waals surface area contributed by atoms with Crippen molar-refractivity contribution >= 4 is 40.5 Å². The molecule has 0 unspecified atom stereocenters. The fourth-order valence-corrected chi connectivity index (χ4v) is 7.50. The molecule has 1 saturated carbocycles. The van der Waals surface area contributed by atoms with Crippen molar-refractivity contribution in [3.05, 3.63) is 34.1 Å². The van der Waals surface area contributed by atoms with Crippen molar-refractivity contribution in [2.75, 3.05) is 51.5 Å². The number of aliphatic hydroxyl groups is 3. The summed E-state index contributed by atoms with van der Waals surface area (Å²) < 4.78 is 0. The maximum absolute atomic E-state index is 14.1. The standard InChI is InChI=1S/C30H39N5O8/c1-6-35-9-7-8-17(35)29(42)32-16-12-18(33(2)3)14-10-13-11-15-22(34(4)5)25(38)21(28(31)41)27(40)30(15,43)26(39)19(13)24(37)20(14)23(16)36/h12-13,15,17,22,36-37,40,43H,6-11H2,1-5H3,(H2,31,41)(H,32,42)/t13-,15-,17-,22-,30-/m0/s1. The summed E-state index contributed by atoms with van der Waals surface area (Å²) in [7, 11) is 6.64. The van der Waals surface area contributed by atoms with Crippen LogP contribution in [0.25, 0.3) is 5.76 Å². The highest BCUT2D eigenvalue weighted by Crippen LogP contribution is 2.54. The minimum absolute atomic E-state index is 0.00753. The summed E-state index contributed by atoms with van der Waals surface area (Å²) in [6.45, 7) is 3.44. The Bertz CT molecular complexity index is 1500. The molecular formula is C30H39N5O8. The third-order valence-electron chi connectivity index (χ3n) is 9.51. The number of nitrogens with one attached hydrogen (secondary N) is 1. The van der Waals surface area contributed by atoms with E-state index in [2.05, 4.69) is 5.32 Å². The normalized spacial score (nSPS) is 29.0. The summed E-state index contributed by atoms with van der Waals surface area (Å²) in [5.41, 5.74) is 2.64. The van der Waals surface area contributed by atoms with Crippen molar-refractivity contribution < 1.29 is 39.6 Å². The molecule has 5 atom stereocenters. The summed E-state index contributed by atoms with van der Waals surface area (Å²) in [6.07, 6.45) is 1.67. The van der Waals surface area contributed by atoms with Gasteiger partial charge in [0, 0.05) is 31.3 Å². The van der Waals surface area contributed by atoms with Gasteiger partial charge in [-0.15, -0.1) is 0 Å². The highest BCUT2D eigenvalue weighted by atomic mass is 16.3. The van der Waals surface area contributed by atoms with E-state index in [1.807, 2.05) is 11.8 Å². The molecule has 7 N–H and O–H groups in total. The Morgan fingerprint density at radius 1 is 1.16 bits per heavy atom. The van der Waals surface area contributed by atoms with E-state index in [0.717, 1.165) is 13.0 Å². The number of nitrogens with zero attached hydrogens (tertiary/aromatic N) is 3. The number of aliphatic hydroxyl groups excluding tert-OH is 2. The molecule has 13 nitrogen and oxygen atoms in total. The summed E-state index contributed by atoms with van der Waals surface area (Å²) in [6, 6.07) is 0.0883. The zero-order valence-corrected chi connectivity index (χ0v) is 25.0. The summed E-state index contributed by atoms with van der Waals surface area (Å²) in [5.74, 6) is -7.53. The van der Waals surface area contributed by atoms with Crippen molar-refractivity contribution in [2.45, 2.75) is 50.3 Å². The van der Waals surface area contributed by atoms with E-state index in [9.17, 15) is 39.6 Å². The Kier molecular flexibility index (Phi) is 7.56. The van der Waals surface area contributed by atoms with Crippen molar-refractivity contribution in [3.63, 3.8) is 0 Å². The highest BCUT2D eigenvalue weighted by molar-refractivity contribution is 6.24. The molecule has 1 heterocycles. The second-order valence-electron chi connectivity index (χ2n) is 12.3. The molecule has 0 spiro atoms. The number of anilines is 2. The lowest BCUT2D eigenvalue weighted by Crippen LogP contribution is -2.65. The summed E-state index contributed by atoms with van der Waals surface area (Å²) in [4.78, 5) is 58.1. The van der Waals surface area contributed by atoms with E-state index in [1.54, 1.807) is 39.2 Å². The molecule has 4 aliphatic rings. The fourth-order valence-electron chi connectivity index (χ4n) is 7.50. The van der Waals surface area contributed by atoms with Gasteiger partial charge in [-0.1, -0.05) is 6.92 Å². The summed E-state index contributed by atoms with van der Waals surface area (Å²) in [5, 5.41) is 48.7. The molecule has 3 aliphatic carbocycles. The van der Waals surface area contributed by atoms with Crippen LogP contribution in [-0.2, 0) is 25.6 Å². The number of aromatic hydroxyl groups is 1. The number of ketones is 2. The first-order valence-corrected chi connectivity index (χ1v) is 14.4. The number of carbonyl (C=O) groups excluding carboxylic acids is 4. The van der Waals surface area contributed by atoms with Gasteiger partial charge in [0.05, 0.1) is 23.3 Å². The average Bonchev–Trinajstić information content (AvgIpc) is 3.41. The quantitative estimate of drug-likeness (QED) is 0.197. The number of likely N-dealkylation sites (tertiary alicyclic amines) is 1. The molecule has 1 aromatic rings. The van der Waals surface area contributed by atoms with Gasteiger partial charge in [-0.3, -0.25) is 29.0 Å². The predicted octanol–water partition coefficient (Wildman–Crippen LogP) is 0.453. The van der Waals surface area contributed by atoms with Crippen molar-refractivity contribution in [3.8, 4) is 5.75 Å². The molecule has 2 amide bonds. The van der Waals surface area contributed by atoms with Crippen molar-refractivity contribution in [1.29, 1.82) is 0 Å². The molecule has 0 bridgehead atoms. The molecule has 5 rings (SSSR count). The number of fused-ring (bicyclic) bond motifs is 3. The number of rotatable bonds is 6. The second-order valence-corrected chi connectivity index (χ2v) is 12.3. The molecule has 232 valence electrons. The number of primary amides is 1. The first-order chi connectivity index (χ1) is 20.2. The smallest absolute Gasteiger partial charge is 0.255 e. The zero-order chi connectivity index (χ0) is 31.7. The van der Waals surface area contributed by atoms with E-state index >= 15 is 0 Å². The van der Waals surface area contributed by atoms with Crippen LogP contribution in [0.15, 0.2) is 23.0 Å². The topological polar surface area (TPSA) is 197 Å². The fraction of sp³-hybridized carbons (Fsp3) is 0.533.